The summed E-state index contributed by atoms with van der Waals surface area (Å²) in [4.78, 5) is 0. The molecule has 0 aromatic heterocycles. The summed E-state index contributed by atoms with van der Waals surface area (Å²) < 4.78 is 0.959. The van der Waals surface area contributed by atoms with Crippen molar-refractivity contribution < 1.29 is 0 Å². The molecule has 0 unspecified atom stereocenters. The maximum Gasteiger partial charge on any atom is 0.168 e. The molecule has 4 N–H and O–H groups in total. The Kier molecular flexibility index (Phi) is 3.11. The molecular weight excluding hydrogens is 274 g/mol. The van der Waals surface area contributed by atoms with E-state index in [-0.39, 0.29) is 5.11 Å². The highest BCUT2D eigenvalue weighted by Gasteiger charge is 2.22. The smallest absolute Gasteiger partial charge is 0.168 e. The second-order valence-electron chi connectivity index (χ2n) is 3.57. The number of halogens is 1. The average Bonchev–Trinajstić information content (AvgIpc) is 2.94. The van der Waals surface area contributed by atoms with Crippen LogP contribution in [0.2, 0.25) is 0 Å². The minimum atomic E-state index is 0.278. The highest BCUT2D eigenvalue weighted by molar-refractivity contribution is 9.10. The van der Waals surface area contributed by atoms with Gasteiger partial charge in [-0.3, -0.25) is 0 Å². The molecule has 5 heteroatoms. The Hall–Kier alpha value is -0.810. The van der Waals surface area contributed by atoms with Gasteiger partial charge in [0.1, 0.15) is 0 Å². The second kappa shape index (κ2) is 4.37. The normalized spacial score (nSPS) is 14.7. The molecule has 0 amide bonds. The topological polar surface area (TPSA) is 50.1 Å². The predicted molar refractivity (Wildman–Crippen MR) is 71.2 cm³/mol. The number of nitrogens with one attached hydrogen (secondary N) is 2. The van der Waals surface area contributed by atoms with E-state index in [0.29, 0.717) is 6.04 Å². The quantitative estimate of drug-likeness (QED) is 0.748. The third-order valence-electron chi connectivity index (χ3n) is 2.20. The van der Waals surface area contributed by atoms with Gasteiger partial charge in [-0.1, -0.05) is 6.07 Å². The van der Waals surface area contributed by atoms with Gasteiger partial charge in [-0.05, 0) is 53.1 Å². The minimum absolute atomic E-state index is 0.278. The SMILES string of the molecule is NC(=S)Nc1c(Br)cccc1NC1CC1. The monoisotopic (exact) mass is 285 g/mol. The Morgan fingerprint density at radius 3 is 2.80 bits per heavy atom. The van der Waals surface area contributed by atoms with Gasteiger partial charge in [0, 0.05) is 10.5 Å². The van der Waals surface area contributed by atoms with Gasteiger partial charge in [-0.15, -0.1) is 0 Å². The van der Waals surface area contributed by atoms with Crippen LogP contribution in [0.1, 0.15) is 12.8 Å². The molecule has 0 aliphatic heterocycles. The molecule has 1 saturated carbocycles. The number of rotatable bonds is 3. The van der Waals surface area contributed by atoms with Crippen molar-refractivity contribution in [1.82, 2.24) is 0 Å². The Bertz CT molecular complexity index is 390. The van der Waals surface area contributed by atoms with Gasteiger partial charge in [0.2, 0.25) is 0 Å². The molecule has 3 nitrogen and oxygen atoms in total. The van der Waals surface area contributed by atoms with Crippen molar-refractivity contribution in [3.63, 3.8) is 0 Å². The number of para-hydroxylation sites is 1. The van der Waals surface area contributed by atoms with Gasteiger partial charge in [-0.25, -0.2) is 0 Å². The fourth-order valence-electron chi connectivity index (χ4n) is 1.34. The van der Waals surface area contributed by atoms with Crippen LogP contribution in [0.4, 0.5) is 11.4 Å². The predicted octanol–water partition coefficient (Wildman–Crippen LogP) is 2.68. The Morgan fingerprint density at radius 1 is 1.47 bits per heavy atom. The number of hydrogen-bond donors (Lipinski definition) is 3. The fourth-order valence-corrected chi connectivity index (χ4v) is 1.91. The summed E-state index contributed by atoms with van der Waals surface area (Å²) in [5, 5.41) is 6.68. The summed E-state index contributed by atoms with van der Waals surface area (Å²) >= 11 is 8.31. The van der Waals surface area contributed by atoms with E-state index < -0.39 is 0 Å². The molecule has 0 bridgehead atoms. The lowest BCUT2D eigenvalue weighted by molar-refractivity contribution is 1.16. The van der Waals surface area contributed by atoms with Crippen molar-refractivity contribution in [2.24, 2.45) is 5.73 Å². The number of benzene rings is 1. The van der Waals surface area contributed by atoms with Gasteiger partial charge < -0.3 is 16.4 Å². The van der Waals surface area contributed by atoms with Gasteiger partial charge in [0.15, 0.2) is 5.11 Å². The van der Waals surface area contributed by atoms with Crippen molar-refractivity contribution >= 4 is 44.6 Å². The second-order valence-corrected chi connectivity index (χ2v) is 4.86. The molecule has 80 valence electrons. The van der Waals surface area contributed by atoms with Crippen molar-refractivity contribution in [3.05, 3.63) is 22.7 Å². The fraction of sp³-hybridized carbons (Fsp3) is 0.300. The molecule has 0 spiro atoms. The standard InChI is InChI=1S/C10H12BrN3S/c11-7-2-1-3-8(13-6-4-5-6)9(7)14-10(12)15/h1-3,6,13H,4-5H2,(H3,12,14,15). The van der Waals surface area contributed by atoms with Crippen LogP contribution in [0.15, 0.2) is 22.7 Å². The zero-order valence-corrected chi connectivity index (χ0v) is 10.5. The Labute approximate surface area is 103 Å². The third-order valence-corrected chi connectivity index (χ3v) is 2.96. The van der Waals surface area contributed by atoms with E-state index in [1.165, 1.54) is 12.8 Å². The minimum Gasteiger partial charge on any atom is -0.381 e. The van der Waals surface area contributed by atoms with Crippen LogP contribution in [0.5, 0.6) is 0 Å². The summed E-state index contributed by atoms with van der Waals surface area (Å²) in [5.41, 5.74) is 7.44. The van der Waals surface area contributed by atoms with Crippen molar-refractivity contribution in [3.8, 4) is 0 Å². The lowest BCUT2D eigenvalue weighted by atomic mass is 10.2. The number of thiocarbonyl (C=S) groups is 1. The first-order chi connectivity index (χ1) is 7.16. The van der Waals surface area contributed by atoms with Gasteiger partial charge in [0.25, 0.3) is 0 Å². The maximum absolute atomic E-state index is 5.48. The first-order valence-electron chi connectivity index (χ1n) is 4.78. The van der Waals surface area contributed by atoms with Crippen molar-refractivity contribution in [1.29, 1.82) is 0 Å². The summed E-state index contributed by atoms with van der Waals surface area (Å²) in [6.45, 7) is 0. The van der Waals surface area contributed by atoms with E-state index in [9.17, 15) is 0 Å². The highest BCUT2D eigenvalue weighted by atomic mass is 79.9. The molecular formula is C10H12BrN3S. The van der Waals surface area contributed by atoms with Crippen molar-refractivity contribution in [2.75, 3.05) is 10.6 Å². The highest BCUT2D eigenvalue weighted by Crippen LogP contribution is 2.34. The summed E-state index contributed by atoms with van der Waals surface area (Å²) in [7, 11) is 0. The Morgan fingerprint density at radius 2 is 2.20 bits per heavy atom. The molecule has 1 aromatic carbocycles. The number of nitrogens with two attached hydrogens (primary N) is 1. The molecule has 0 saturated heterocycles. The molecule has 0 radical (unpaired) electrons. The number of anilines is 2. The Balaban J connectivity index is 2.25. The lowest BCUT2D eigenvalue weighted by Crippen LogP contribution is -2.20. The van der Waals surface area contributed by atoms with Gasteiger partial charge >= 0.3 is 0 Å². The molecule has 15 heavy (non-hydrogen) atoms. The van der Waals surface area contributed by atoms with E-state index in [0.717, 1.165) is 15.8 Å². The molecule has 1 aliphatic carbocycles. The zero-order valence-electron chi connectivity index (χ0n) is 8.09. The zero-order chi connectivity index (χ0) is 10.8. The summed E-state index contributed by atoms with van der Waals surface area (Å²) in [6.07, 6.45) is 2.47. The van der Waals surface area contributed by atoms with E-state index >= 15 is 0 Å². The van der Waals surface area contributed by atoms with Crippen LogP contribution in [-0.2, 0) is 0 Å². The first-order valence-corrected chi connectivity index (χ1v) is 5.98. The largest absolute Gasteiger partial charge is 0.381 e. The summed E-state index contributed by atoms with van der Waals surface area (Å²) in [5.74, 6) is 0. The van der Waals surface area contributed by atoms with E-state index in [2.05, 4.69) is 26.6 Å². The van der Waals surface area contributed by atoms with Crippen LogP contribution in [0, 0.1) is 0 Å². The van der Waals surface area contributed by atoms with Gasteiger partial charge in [0.05, 0.1) is 11.4 Å². The summed E-state index contributed by atoms with van der Waals surface area (Å²) in [6, 6.07) is 6.56. The number of hydrogen-bond acceptors (Lipinski definition) is 2. The van der Waals surface area contributed by atoms with E-state index in [1.807, 2.05) is 18.2 Å². The molecule has 1 aliphatic rings. The molecule has 1 aromatic rings. The van der Waals surface area contributed by atoms with Crippen LogP contribution in [0.25, 0.3) is 0 Å². The lowest BCUT2D eigenvalue weighted by Gasteiger charge is -2.14. The molecule has 1 fully saturated rings. The van der Waals surface area contributed by atoms with Crippen LogP contribution < -0.4 is 16.4 Å². The molecule has 0 atom stereocenters. The first kappa shape index (κ1) is 10.7. The van der Waals surface area contributed by atoms with Crippen LogP contribution >= 0.6 is 28.1 Å². The van der Waals surface area contributed by atoms with Gasteiger partial charge in [-0.2, -0.15) is 0 Å². The van der Waals surface area contributed by atoms with E-state index in [1.54, 1.807) is 0 Å². The van der Waals surface area contributed by atoms with Crippen LogP contribution in [-0.4, -0.2) is 11.2 Å². The average molecular weight is 286 g/mol. The van der Waals surface area contributed by atoms with Crippen LogP contribution in [0.3, 0.4) is 0 Å². The third kappa shape index (κ3) is 2.82. The molecule has 0 heterocycles. The maximum atomic E-state index is 5.48. The van der Waals surface area contributed by atoms with Crippen molar-refractivity contribution in [2.45, 2.75) is 18.9 Å². The van der Waals surface area contributed by atoms with E-state index in [4.69, 9.17) is 18.0 Å². The molecule has 2 rings (SSSR count).